The van der Waals surface area contributed by atoms with Gasteiger partial charge in [-0.15, -0.1) is 0 Å². The van der Waals surface area contributed by atoms with Gasteiger partial charge in [-0.3, -0.25) is 4.79 Å². The molecule has 0 aromatic heterocycles. The minimum atomic E-state index is 0.150. The fourth-order valence-electron chi connectivity index (χ4n) is 1.78. The van der Waals surface area contributed by atoms with Gasteiger partial charge in [-0.25, -0.2) is 0 Å². The first-order valence-corrected chi connectivity index (χ1v) is 5.96. The predicted molar refractivity (Wildman–Crippen MR) is 64.8 cm³/mol. The van der Waals surface area contributed by atoms with Crippen LogP contribution in [0.25, 0.3) is 0 Å². The van der Waals surface area contributed by atoms with E-state index in [2.05, 4.69) is 26.1 Å². The lowest BCUT2D eigenvalue weighted by atomic mass is 9.95. The molecule has 0 heterocycles. The Bertz CT molecular complexity index is 180. The van der Waals surface area contributed by atoms with Gasteiger partial charge < -0.3 is 10.2 Å². The van der Waals surface area contributed by atoms with Crippen LogP contribution in [0.2, 0.25) is 0 Å². The number of hydrogen-bond donors (Lipinski definition) is 1. The van der Waals surface area contributed by atoms with Crippen molar-refractivity contribution in [2.24, 2.45) is 5.92 Å². The number of carbonyl (C=O) groups excluding carboxylic acids is 1. The van der Waals surface area contributed by atoms with Crippen molar-refractivity contribution < 1.29 is 4.79 Å². The highest BCUT2D eigenvalue weighted by molar-refractivity contribution is 5.77. The van der Waals surface area contributed by atoms with Gasteiger partial charge in [0.05, 0.1) is 6.54 Å². The van der Waals surface area contributed by atoms with E-state index in [1.807, 2.05) is 0 Å². The van der Waals surface area contributed by atoms with E-state index < -0.39 is 0 Å². The second-order valence-corrected chi connectivity index (χ2v) is 4.45. The van der Waals surface area contributed by atoms with Gasteiger partial charge >= 0.3 is 0 Å². The average Bonchev–Trinajstić information content (AvgIpc) is 2.18. The van der Waals surface area contributed by atoms with Gasteiger partial charge in [-0.2, -0.15) is 0 Å². The topological polar surface area (TPSA) is 32.3 Å². The van der Waals surface area contributed by atoms with Crippen LogP contribution in [0.1, 0.15) is 40.0 Å². The zero-order valence-corrected chi connectivity index (χ0v) is 10.8. The maximum absolute atomic E-state index is 11.4. The quantitative estimate of drug-likeness (QED) is 0.702. The van der Waals surface area contributed by atoms with Crippen molar-refractivity contribution in [3.8, 4) is 0 Å². The van der Waals surface area contributed by atoms with E-state index in [4.69, 9.17) is 0 Å². The average molecular weight is 214 g/mol. The third kappa shape index (κ3) is 5.78. The van der Waals surface area contributed by atoms with Gasteiger partial charge in [0.25, 0.3) is 0 Å². The summed E-state index contributed by atoms with van der Waals surface area (Å²) in [7, 11) is 3.58. The second-order valence-electron chi connectivity index (χ2n) is 4.45. The van der Waals surface area contributed by atoms with Crippen molar-refractivity contribution in [2.75, 3.05) is 20.6 Å². The Morgan fingerprint density at radius 2 is 1.93 bits per heavy atom. The normalized spacial score (nSPS) is 14.7. The maximum Gasteiger partial charge on any atom is 0.236 e. The summed E-state index contributed by atoms with van der Waals surface area (Å²) in [4.78, 5) is 13.0. The van der Waals surface area contributed by atoms with E-state index in [-0.39, 0.29) is 5.91 Å². The molecule has 1 amide bonds. The molecule has 0 aliphatic heterocycles. The van der Waals surface area contributed by atoms with Crippen molar-refractivity contribution in [1.29, 1.82) is 0 Å². The summed E-state index contributed by atoms with van der Waals surface area (Å²) in [5.41, 5.74) is 0. The van der Waals surface area contributed by atoms with Crippen LogP contribution in [0.15, 0.2) is 0 Å². The molecule has 0 aromatic rings. The monoisotopic (exact) mass is 214 g/mol. The minimum absolute atomic E-state index is 0.150. The van der Waals surface area contributed by atoms with E-state index in [0.29, 0.717) is 18.5 Å². The van der Waals surface area contributed by atoms with Crippen LogP contribution in [-0.4, -0.2) is 37.5 Å². The molecule has 90 valence electrons. The van der Waals surface area contributed by atoms with Crippen LogP contribution in [0, 0.1) is 5.92 Å². The van der Waals surface area contributed by atoms with Crippen LogP contribution in [0.3, 0.4) is 0 Å². The number of rotatable bonds is 7. The van der Waals surface area contributed by atoms with Crippen LogP contribution < -0.4 is 5.32 Å². The molecule has 0 aliphatic carbocycles. The highest BCUT2D eigenvalue weighted by Gasteiger charge is 2.15. The van der Waals surface area contributed by atoms with Gasteiger partial charge in [-0.1, -0.05) is 27.2 Å². The van der Waals surface area contributed by atoms with E-state index in [9.17, 15) is 4.79 Å². The molecule has 0 fully saturated rings. The lowest BCUT2D eigenvalue weighted by molar-refractivity contribution is -0.127. The van der Waals surface area contributed by atoms with Crippen molar-refractivity contribution in [3.63, 3.8) is 0 Å². The van der Waals surface area contributed by atoms with Gasteiger partial charge in [0.2, 0.25) is 5.91 Å². The predicted octanol–water partition coefficient (Wildman–Crippen LogP) is 1.88. The summed E-state index contributed by atoms with van der Waals surface area (Å²) in [6.07, 6.45) is 3.52. The van der Waals surface area contributed by atoms with Gasteiger partial charge in [-0.05, 0) is 18.8 Å². The molecule has 0 radical (unpaired) electrons. The number of likely N-dealkylation sites (N-methyl/N-ethyl adjacent to an activating group) is 1. The molecule has 1 N–H and O–H groups in total. The third-order valence-corrected chi connectivity index (χ3v) is 2.89. The largest absolute Gasteiger partial charge is 0.348 e. The third-order valence-electron chi connectivity index (χ3n) is 2.89. The SMILES string of the molecule is CCCC(C)C(CC)NCC(=O)N(C)C. The smallest absolute Gasteiger partial charge is 0.236 e. The van der Waals surface area contributed by atoms with Crippen LogP contribution in [0.4, 0.5) is 0 Å². The molecule has 0 aliphatic rings. The van der Waals surface area contributed by atoms with Gasteiger partial charge in [0.1, 0.15) is 0 Å². The highest BCUT2D eigenvalue weighted by Crippen LogP contribution is 2.12. The molecule has 0 saturated heterocycles. The molecule has 2 unspecified atom stereocenters. The number of amides is 1. The first kappa shape index (κ1) is 14.4. The van der Waals surface area contributed by atoms with Crippen molar-refractivity contribution >= 4 is 5.91 Å². The highest BCUT2D eigenvalue weighted by atomic mass is 16.2. The van der Waals surface area contributed by atoms with E-state index >= 15 is 0 Å². The zero-order chi connectivity index (χ0) is 11.8. The summed E-state index contributed by atoms with van der Waals surface area (Å²) in [5.74, 6) is 0.798. The molecule has 0 bridgehead atoms. The molecule has 0 spiro atoms. The summed E-state index contributed by atoms with van der Waals surface area (Å²) in [6, 6.07) is 0.467. The van der Waals surface area contributed by atoms with E-state index in [1.165, 1.54) is 12.8 Å². The molecular weight excluding hydrogens is 188 g/mol. The van der Waals surface area contributed by atoms with Crippen molar-refractivity contribution in [3.05, 3.63) is 0 Å². The molecule has 3 nitrogen and oxygen atoms in total. The molecule has 0 aromatic carbocycles. The minimum Gasteiger partial charge on any atom is -0.348 e. The Kier molecular flexibility index (Phi) is 7.39. The van der Waals surface area contributed by atoms with E-state index in [0.717, 1.165) is 6.42 Å². The van der Waals surface area contributed by atoms with Gasteiger partial charge in [0.15, 0.2) is 0 Å². The molecule has 15 heavy (non-hydrogen) atoms. The summed E-state index contributed by atoms with van der Waals surface area (Å²) in [5, 5.41) is 3.34. The Labute approximate surface area is 94.2 Å². The zero-order valence-electron chi connectivity index (χ0n) is 10.8. The van der Waals surface area contributed by atoms with Crippen molar-refractivity contribution in [1.82, 2.24) is 10.2 Å². The second kappa shape index (κ2) is 7.69. The molecule has 0 saturated carbocycles. The number of nitrogens with one attached hydrogen (secondary N) is 1. The first-order chi connectivity index (χ1) is 7.02. The lowest BCUT2D eigenvalue weighted by Crippen LogP contribution is -2.41. The van der Waals surface area contributed by atoms with E-state index in [1.54, 1.807) is 19.0 Å². The Morgan fingerprint density at radius 3 is 2.33 bits per heavy atom. The molecular formula is C12H26N2O. The Hall–Kier alpha value is -0.570. The number of hydrogen-bond acceptors (Lipinski definition) is 2. The molecule has 3 heteroatoms. The van der Waals surface area contributed by atoms with Gasteiger partial charge in [0, 0.05) is 20.1 Å². The number of carbonyl (C=O) groups is 1. The summed E-state index contributed by atoms with van der Waals surface area (Å²) >= 11 is 0. The van der Waals surface area contributed by atoms with Crippen LogP contribution in [0.5, 0.6) is 0 Å². The Morgan fingerprint density at radius 1 is 1.33 bits per heavy atom. The summed E-state index contributed by atoms with van der Waals surface area (Å²) < 4.78 is 0. The Balaban J connectivity index is 3.94. The summed E-state index contributed by atoms with van der Waals surface area (Å²) in [6.45, 7) is 7.09. The lowest BCUT2D eigenvalue weighted by Gasteiger charge is -2.24. The van der Waals surface area contributed by atoms with Crippen LogP contribution in [-0.2, 0) is 4.79 Å². The van der Waals surface area contributed by atoms with Crippen LogP contribution >= 0.6 is 0 Å². The number of nitrogens with zero attached hydrogens (tertiary/aromatic N) is 1. The fraction of sp³-hybridized carbons (Fsp3) is 0.917. The standard InChI is InChI=1S/C12H26N2O/c1-6-8-10(3)11(7-2)13-9-12(15)14(4)5/h10-11,13H,6-9H2,1-5H3. The fourth-order valence-corrected chi connectivity index (χ4v) is 1.78. The van der Waals surface area contributed by atoms with Crippen molar-refractivity contribution in [2.45, 2.75) is 46.1 Å². The molecule has 2 atom stereocenters. The maximum atomic E-state index is 11.4. The molecule has 0 rings (SSSR count). The first-order valence-electron chi connectivity index (χ1n) is 5.96.